The van der Waals surface area contributed by atoms with Gasteiger partial charge in [0.2, 0.25) is 0 Å². The van der Waals surface area contributed by atoms with Crippen molar-refractivity contribution in [2.45, 2.75) is 19.4 Å². The molecule has 1 fully saturated rings. The summed E-state index contributed by atoms with van der Waals surface area (Å²) in [6.45, 7) is 1.86. The molecule has 4 aliphatic rings. The quantitative estimate of drug-likeness (QED) is 0.704. The Kier molecular flexibility index (Phi) is 3.40. The number of nitrogens with one attached hydrogen (secondary N) is 1. The first kappa shape index (κ1) is 15.8. The summed E-state index contributed by atoms with van der Waals surface area (Å²) < 4.78 is 6.61. The summed E-state index contributed by atoms with van der Waals surface area (Å²) in [6.07, 6.45) is 5.49. The van der Waals surface area contributed by atoms with Crippen molar-refractivity contribution in [3.63, 3.8) is 0 Å². The molecule has 136 valence electrons. The lowest BCUT2D eigenvalue weighted by atomic mass is 10.1. The molecule has 27 heavy (non-hydrogen) atoms. The van der Waals surface area contributed by atoms with Gasteiger partial charge in [-0.25, -0.2) is 14.9 Å². The maximum Gasteiger partial charge on any atom is 0.341 e. The Morgan fingerprint density at radius 1 is 1.30 bits per heavy atom. The summed E-state index contributed by atoms with van der Waals surface area (Å²) in [6, 6.07) is 5.96. The van der Waals surface area contributed by atoms with Gasteiger partial charge in [-0.1, -0.05) is 0 Å². The van der Waals surface area contributed by atoms with Gasteiger partial charge in [0.05, 0.1) is 18.4 Å². The highest BCUT2D eigenvalue weighted by molar-refractivity contribution is 5.96. The average Bonchev–Trinajstić information content (AvgIpc) is 3.30. The molecule has 1 saturated heterocycles. The van der Waals surface area contributed by atoms with E-state index in [9.17, 15) is 9.59 Å². The molecule has 1 aromatic carbocycles. The lowest BCUT2D eigenvalue weighted by Gasteiger charge is -2.25. The van der Waals surface area contributed by atoms with E-state index in [1.165, 1.54) is 7.11 Å². The average molecular weight is 363 g/mol. The fourth-order valence-corrected chi connectivity index (χ4v) is 3.77. The van der Waals surface area contributed by atoms with Gasteiger partial charge in [-0.2, -0.15) is 5.10 Å². The van der Waals surface area contributed by atoms with Crippen LogP contribution < -0.4 is 5.56 Å². The number of aromatic nitrogens is 3. The lowest BCUT2D eigenvalue weighted by Crippen LogP contribution is -2.26. The van der Waals surface area contributed by atoms with E-state index in [0.29, 0.717) is 11.3 Å². The first-order chi connectivity index (χ1) is 13.1. The summed E-state index contributed by atoms with van der Waals surface area (Å²) in [7, 11) is 1.31. The molecule has 4 heterocycles. The Labute approximate surface area is 154 Å². The molecule has 8 nitrogen and oxygen atoms in total. The first-order valence-corrected chi connectivity index (χ1v) is 8.78. The monoisotopic (exact) mass is 363 g/mol. The Morgan fingerprint density at radius 2 is 2.19 bits per heavy atom. The number of methoxy groups -OCH3 is 1. The molecule has 1 N–H and O–H groups in total. The van der Waals surface area contributed by atoms with Gasteiger partial charge in [0.1, 0.15) is 17.1 Å². The molecule has 0 amide bonds. The van der Waals surface area contributed by atoms with Crippen molar-refractivity contribution >= 4 is 17.5 Å². The van der Waals surface area contributed by atoms with Gasteiger partial charge in [0.25, 0.3) is 5.56 Å². The van der Waals surface area contributed by atoms with Crippen LogP contribution in [-0.2, 0) is 11.3 Å². The van der Waals surface area contributed by atoms with Gasteiger partial charge in [0.15, 0.2) is 0 Å². The number of nitrogens with zero attached hydrogens (tertiary/aromatic N) is 4. The summed E-state index contributed by atoms with van der Waals surface area (Å²) in [5.41, 5.74) is 3.51. The molecule has 0 radical (unpaired) electrons. The molecule has 8 heteroatoms. The van der Waals surface area contributed by atoms with E-state index in [1.54, 1.807) is 17.0 Å². The number of carbonyl (C=O) groups is 1. The van der Waals surface area contributed by atoms with Crippen LogP contribution >= 0.6 is 0 Å². The standard InChI is InChI=1S/C19H17N5O3/c1-27-19(26)14-10-24(9-13-17(14)21-22-18(13)25)12-4-5-15-11(7-12)8-23-6-2-3-16(23)20-15/h4-5,7,9-10H,2-3,6,8H2,1H3,(H,22,25). The van der Waals surface area contributed by atoms with E-state index < -0.39 is 5.97 Å². The van der Waals surface area contributed by atoms with E-state index >= 15 is 0 Å². The maximum absolute atomic E-state index is 12.2. The summed E-state index contributed by atoms with van der Waals surface area (Å²) >= 11 is 0. The van der Waals surface area contributed by atoms with Crippen LogP contribution in [-0.4, -0.2) is 45.1 Å². The zero-order valence-electron chi connectivity index (χ0n) is 14.7. The number of H-pyrrole nitrogens is 1. The minimum atomic E-state index is -0.537. The fourth-order valence-electron chi connectivity index (χ4n) is 3.77. The van der Waals surface area contributed by atoms with Crippen LogP contribution in [0.5, 0.6) is 0 Å². The van der Waals surface area contributed by atoms with Crippen molar-refractivity contribution in [3.8, 4) is 16.9 Å². The number of ether oxygens (including phenoxy) is 1. The maximum atomic E-state index is 12.2. The van der Waals surface area contributed by atoms with Gasteiger partial charge < -0.3 is 14.2 Å². The first-order valence-electron chi connectivity index (χ1n) is 8.78. The number of hydrogen-bond donors (Lipinski definition) is 1. The van der Waals surface area contributed by atoms with Crippen LogP contribution in [0.25, 0.3) is 16.9 Å². The van der Waals surface area contributed by atoms with Gasteiger partial charge in [-0.15, -0.1) is 0 Å². The van der Waals surface area contributed by atoms with Crippen molar-refractivity contribution in [1.29, 1.82) is 0 Å². The fraction of sp³-hybridized carbons (Fsp3) is 0.263. The van der Waals surface area contributed by atoms with Crippen molar-refractivity contribution in [1.82, 2.24) is 19.7 Å². The topological polar surface area (TPSA) is 92.6 Å². The molecule has 0 atom stereocenters. The molecule has 1 aromatic rings. The van der Waals surface area contributed by atoms with Gasteiger partial charge in [-0.3, -0.25) is 4.79 Å². The highest BCUT2D eigenvalue weighted by atomic mass is 16.5. The number of rotatable bonds is 2. The number of aromatic amines is 1. The van der Waals surface area contributed by atoms with Crippen LogP contribution in [0.2, 0.25) is 0 Å². The van der Waals surface area contributed by atoms with E-state index in [-0.39, 0.29) is 11.1 Å². The van der Waals surface area contributed by atoms with E-state index in [4.69, 9.17) is 9.73 Å². The van der Waals surface area contributed by atoms with E-state index in [2.05, 4.69) is 15.1 Å². The number of amidine groups is 1. The molecule has 0 unspecified atom stereocenters. The molecular weight excluding hydrogens is 346 g/mol. The number of pyridine rings is 1. The number of fused-ring (bicyclic) bond motifs is 3. The Morgan fingerprint density at radius 3 is 3.04 bits per heavy atom. The van der Waals surface area contributed by atoms with E-state index in [1.807, 2.05) is 18.2 Å². The number of carbonyl (C=O) groups excluding carboxylic acids is 1. The minimum Gasteiger partial charge on any atom is -0.465 e. The second-order valence-electron chi connectivity index (χ2n) is 6.75. The predicted molar refractivity (Wildman–Crippen MR) is 98.9 cm³/mol. The smallest absolute Gasteiger partial charge is 0.341 e. The summed E-state index contributed by atoms with van der Waals surface area (Å²) in [4.78, 5) is 31.3. The van der Waals surface area contributed by atoms with Crippen LogP contribution in [0.4, 0.5) is 5.69 Å². The van der Waals surface area contributed by atoms with Gasteiger partial charge in [-0.05, 0) is 30.2 Å². The highest BCUT2D eigenvalue weighted by Gasteiger charge is 2.25. The zero-order chi connectivity index (χ0) is 18.5. The van der Waals surface area contributed by atoms with Crippen molar-refractivity contribution in [3.05, 3.63) is 52.1 Å². The van der Waals surface area contributed by atoms with Crippen molar-refractivity contribution in [2.75, 3.05) is 13.7 Å². The third kappa shape index (κ3) is 2.44. The number of esters is 1. The molecule has 5 rings (SSSR count). The van der Waals surface area contributed by atoms with Crippen molar-refractivity contribution in [2.24, 2.45) is 4.99 Å². The molecule has 0 saturated carbocycles. The second-order valence-corrected chi connectivity index (χ2v) is 6.75. The van der Waals surface area contributed by atoms with Crippen LogP contribution in [0, 0.1) is 0 Å². The molecule has 0 bridgehead atoms. The van der Waals surface area contributed by atoms with Crippen molar-refractivity contribution < 1.29 is 9.53 Å². The van der Waals surface area contributed by atoms with Gasteiger partial charge in [0, 0.05) is 37.6 Å². The Hall–Kier alpha value is -3.42. The highest BCUT2D eigenvalue weighted by Crippen LogP contribution is 2.32. The number of aliphatic imine (C=N–C) groups is 1. The zero-order valence-corrected chi connectivity index (χ0v) is 14.7. The molecule has 0 aromatic heterocycles. The number of benzene rings is 1. The van der Waals surface area contributed by atoms with Gasteiger partial charge >= 0.3 is 5.97 Å². The molecular formula is C19H17N5O3. The number of hydrogen-bond acceptors (Lipinski definition) is 6. The van der Waals surface area contributed by atoms with Crippen LogP contribution in [0.15, 0.2) is 40.4 Å². The lowest BCUT2D eigenvalue weighted by molar-refractivity contribution is 0.0600. The minimum absolute atomic E-state index is 0.242. The predicted octanol–water partition coefficient (Wildman–Crippen LogP) is 2.09. The summed E-state index contributed by atoms with van der Waals surface area (Å²) in [5, 5.41) is 6.35. The SMILES string of the molecule is COC(=O)c1cn(-c2ccc3c(c2)CN2CCCC2=N3)cc2c(=O)[nH]nc1-2. The third-order valence-corrected chi connectivity index (χ3v) is 5.13. The van der Waals surface area contributed by atoms with E-state index in [0.717, 1.165) is 48.7 Å². The van der Waals surface area contributed by atoms with Crippen LogP contribution in [0.1, 0.15) is 28.8 Å². The van der Waals surface area contributed by atoms with Crippen LogP contribution in [0.3, 0.4) is 0 Å². The molecule has 4 aliphatic heterocycles. The normalized spacial score (nSPS) is 15.4. The molecule has 0 aliphatic carbocycles. The Bertz CT molecular complexity index is 1130. The third-order valence-electron chi connectivity index (χ3n) is 5.13. The Balaban J connectivity index is 1.64. The largest absolute Gasteiger partial charge is 0.465 e. The second kappa shape index (κ2) is 5.80. The summed E-state index contributed by atoms with van der Waals surface area (Å²) in [5.74, 6) is 0.622. The molecule has 0 spiro atoms.